The van der Waals surface area contributed by atoms with Gasteiger partial charge in [-0.2, -0.15) is 0 Å². The van der Waals surface area contributed by atoms with Gasteiger partial charge in [0.1, 0.15) is 0 Å². The van der Waals surface area contributed by atoms with Crippen LogP contribution in [0, 0.1) is 0 Å². The standard InChI is InChI=1S/C25H28N2O3S2/c1-5-27(32(29,30)22-16-14-21(31-4)15-17-22)20-12-10-19(11-13-20)25(28)26-24-9-7-6-8-23(24)18(2)3/h6-18H,5H2,1-4H3,(H,26,28). The number of benzene rings is 3. The molecule has 0 bridgehead atoms. The normalized spacial score (nSPS) is 11.4. The summed E-state index contributed by atoms with van der Waals surface area (Å²) in [4.78, 5) is 14.0. The summed E-state index contributed by atoms with van der Waals surface area (Å²) >= 11 is 1.56. The molecule has 3 aromatic rings. The van der Waals surface area contributed by atoms with Gasteiger partial charge in [-0.3, -0.25) is 9.10 Å². The van der Waals surface area contributed by atoms with Gasteiger partial charge in [0.05, 0.1) is 10.6 Å². The van der Waals surface area contributed by atoms with Crippen molar-refractivity contribution in [2.75, 3.05) is 22.4 Å². The van der Waals surface area contributed by atoms with Crippen LogP contribution in [0.15, 0.2) is 82.6 Å². The summed E-state index contributed by atoms with van der Waals surface area (Å²) < 4.78 is 27.7. The lowest BCUT2D eigenvalue weighted by molar-refractivity contribution is 0.102. The third-order valence-electron chi connectivity index (χ3n) is 5.18. The van der Waals surface area contributed by atoms with Gasteiger partial charge >= 0.3 is 0 Å². The van der Waals surface area contributed by atoms with Gasteiger partial charge in [0.15, 0.2) is 0 Å². The molecule has 32 heavy (non-hydrogen) atoms. The lowest BCUT2D eigenvalue weighted by Crippen LogP contribution is -2.30. The molecule has 0 saturated carbocycles. The average Bonchev–Trinajstić information content (AvgIpc) is 2.80. The molecule has 0 fully saturated rings. The van der Waals surface area contributed by atoms with E-state index in [-0.39, 0.29) is 23.3 Å². The fraction of sp³-hybridized carbons (Fsp3) is 0.240. The van der Waals surface area contributed by atoms with Gasteiger partial charge in [-0.25, -0.2) is 8.42 Å². The highest BCUT2D eigenvalue weighted by molar-refractivity contribution is 7.98. The van der Waals surface area contributed by atoms with Crippen molar-refractivity contribution in [3.8, 4) is 0 Å². The van der Waals surface area contributed by atoms with E-state index in [4.69, 9.17) is 0 Å². The molecule has 0 unspecified atom stereocenters. The van der Waals surface area contributed by atoms with Gasteiger partial charge in [-0.15, -0.1) is 11.8 Å². The largest absolute Gasteiger partial charge is 0.322 e. The zero-order valence-corrected chi connectivity index (χ0v) is 20.3. The van der Waals surface area contributed by atoms with E-state index >= 15 is 0 Å². The Morgan fingerprint density at radius 1 is 0.969 bits per heavy atom. The summed E-state index contributed by atoms with van der Waals surface area (Å²) in [5, 5.41) is 2.96. The SMILES string of the molecule is CCN(c1ccc(C(=O)Nc2ccccc2C(C)C)cc1)S(=O)(=O)c1ccc(SC)cc1. The number of thioether (sulfide) groups is 1. The Hall–Kier alpha value is -2.77. The van der Waals surface area contributed by atoms with Crippen LogP contribution in [0.1, 0.15) is 42.6 Å². The molecule has 0 aliphatic heterocycles. The van der Waals surface area contributed by atoms with Gasteiger partial charge in [-0.1, -0.05) is 32.0 Å². The molecule has 0 radical (unpaired) electrons. The van der Waals surface area contributed by atoms with Crippen molar-refractivity contribution in [2.24, 2.45) is 0 Å². The molecular weight excluding hydrogens is 440 g/mol. The van der Waals surface area contributed by atoms with Crippen LogP contribution in [0.2, 0.25) is 0 Å². The minimum atomic E-state index is -3.70. The van der Waals surface area contributed by atoms with Crippen LogP contribution >= 0.6 is 11.8 Å². The van der Waals surface area contributed by atoms with Gasteiger partial charge in [0.2, 0.25) is 0 Å². The lowest BCUT2D eigenvalue weighted by Gasteiger charge is -2.23. The predicted octanol–water partition coefficient (Wildman–Crippen LogP) is 6.00. The third-order valence-corrected chi connectivity index (χ3v) is 7.84. The second-order valence-corrected chi connectivity index (χ2v) is 10.3. The second kappa shape index (κ2) is 10.2. The lowest BCUT2D eigenvalue weighted by atomic mass is 10.0. The van der Waals surface area contributed by atoms with E-state index in [0.29, 0.717) is 11.3 Å². The van der Waals surface area contributed by atoms with Crippen LogP contribution in [0.4, 0.5) is 11.4 Å². The summed E-state index contributed by atoms with van der Waals surface area (Å²) in [5.41, 5.74) is 2.82. The van der Waals surface area contributed by atoms with E-state index in [1.54, 1.807) is 67.2 Å². The Kier molecular flexibility index (Phi) is 7.64. The Balaban J connectivity index is 1.82. The highest BCUT2D eigenvalue weighted by atomic mass is 32.2. The van der Waals surface area contributed by atoms with Gasteiger partial charge in [0.25, 0.3) is 15.9 Å². The van der Waals surface area contributed by atoms with Crippen molar-refractivity contribution in [2.45, 2.75) is 36.5 Å². The first-order valence-corrected chi connectivity index (χ1v) is 13.1. The fourth-order valence-corrected chi connectivity index (χ4v) is 5.34. The molecule has 5 nitrogen and oxygen atoms in total. The summed E-state index contributed by atoms with van der Waals surface area (Å²) in [6, 6.07) is 21.2. The number of amides is 1. The maximum atomic E-state index is 13.2. The van der Waals surface area contributed by atoms with Crippen molar-refractivity contribution < 1.29 is 13.2 Å². The zero-order chi connectivity index (χ0) is 23.3. The molecule has 0 aliphatic rings. The summed E-state index contributed by atoms with van der Waals surface area (Å²) in [6.45, 7) is 6.22. The average molecular weight is 469 g/mol. The summed E-state index contributed by atoms with van der Waals surface area (Å²) in [7, 11) is -3.70. The molecule has 0 atom stereocenters. The molecule has 0 aromatic heterocycles. The number of hydrogen-bond donors (Lipinski definition) is 1. The molecule has 0 spiro atoms. The molecular formula is C25H28N2O3S2. The smallest absolute Gasteiger partial charge is 0.264 e. The highest BCUT2D eigenvalue weighted by Crippen LogP contribution is 2.27. The van der Waals surface area contributed by atoms with Crippen molar-refractivity contribution in [3.63, 3.8) is 0 Å². The first-order chi connectivity index (χ1) is 15.3. The molecule has 0 aliphatic carbocycles. The minimum absolute atomic E-state index is 0.233. The van der Waals surface area contributed by atoms with Crippen molar-refractivity contribution in [1.82, 2.24) is 0 Å². The van der Waals surface area contributed by atoms with Crippen LogP contribution in [-0.2, 0) is 10.0 Å². The number of rotatable bonds is 8. The third kappa shape index (κ3) is 5.16. The number of carbonyl (C=O) groups is 1. The summed E-state index contributed by atoms with van der Waals surface area (Å²) in [6.07, 6.45) is 1.95. The minimum Gasteiger partial charge on any atom is -0.322 e. The molecule has 1 amide bonds. The first-order valence-electron chi connectivity index (χ1n) is 10.4. The van der Waals surface area contributed by atoms with Crippen molar-refractivity contribution >= 4 is 39.1 Å². The van der Waals surface area contributed by atoms with Crippen molar-refractivity contribution in [1.29, 1.82) is 0 Å². The number of carbonyl (C=O) groups excluding carboxylic acids is 1. The van der Waals surface area contributed by atoms with Crippen molar-refractivity contribution in [3.05, 3.63) is 83.9 Å². The number of nitrogens with one attached hydrogen (secondary N) is 1. The summed E-state index contributed by atoms with van der Waals surface area (Å²) in [5.74, 6) is 0.0467. The van der Waals surface area contributed by atoms with Crippen LogP contribution in [0.5, 0.6) is 0 Å². The fourth-order valence-electron chi connectivity index (χ4n) is 3.45. The van der Waals surface area contributed by atoms with Crippen LogP contribution in [0.3, 0.4) is 0 Å². The van der Waals surface area contributed by atoms with E-state index in [0.717, 1.165) is 16.1 Å². The number of hydrogen-bond acceptors (Lipinski definition) is 4. The second-order valence-electron chi connectivity index (χ2n) is 7.59. The van der Waals surface area contributed by atoms with Crippen LogP contribution in [0.25, 0.3) is 0 Å². The molecule has 0 saturated heterocycles. The Morgan fingerprint density at radius 3 is 2.16 bits per heavy atom. The molecule has 168 valence electrons. The number of anilines is 2. The number of para-hydroxylation sites is 1. The molecule has 3 aromatic carbocycles. The van der Waals surface area contributed by atoms with E-state index in [2.05, 4.69) is 19.2 Å². The zero-order valence-electron chi connectivity index (χ0n) is 18.7. The van der Waals surface area contributed by atoms with Gasteiger partial charge in [0, 0.05) is 22.7 Å². The molecule has 0 heterocycles. The Labute approximate surface area is 194 Å². The van der Waals surface area contributed by atoms with E-state index in [1.807, 2.05) is 30.5 Å². The quantitative estimate of drug-likeness (QED) is 0.412. The number of sulfonamides is 1. The maximum Gasteiger partial charge on any atom is 0.264 e. The Morgan fingerprint density at radius 2 is 1.59 bits per heavy atom. The highest BCUT2D eigenvalue weighted by Gasteiger charge is 2.24. The van der Waals surface area contributed by atoms with Crippen LogP contribution in [-0.4, -0.2) is 27.1 Å². The topological polar surface area (TPSA) is 66.5 Å². The molecule has 1 N–H and O–H groups in total. The van der Waals surface area contributed by atoms with Gasteiger partial charge < -0.3 is 5.32 Å². The predicted molar refractivity (Wildman–Crippen MR) is 133 cm³/mol. The van der Waals surface area contributed by atoms with Crippen LogP contribution < -0.4 is 9.62 Å². The maximum absolute atomic E-state index is 13.2. The number of nitrogens with zero attached hydrogens (tertiary/aromatic N) is 1. The monoisotopic (exact) mass is 468 g/mol. The van der Waals surface area contributed by atoms with E-state index in [9.17, 15) is 13.2 Å². The van der Waals surface area contributed by atoms with E-state index in [1.165, 1.54) is 4.31 Å². The molecule has 7 heteroatoms. The first kappa shape index (κ1) is 23.9. The molecule has 3 rings (SSSR count). The Bertz CT molecular complexity index is 1170. The van der Waals surface area contributed by atoms with E-state index < -0.39 is 10.0 Å². The van der Waals surface area contributed by atoms with Gasteiger partial charge in [-0.05, 0) is 79.3 Å².